The van der Waals surface area contributed by atoms with E-state index in [-0.39, 0.29) is 5.02 Å². The van der Waals surface area contributed by atoms with Crippen LogP contribution in [0.1, 0.15) is 24.4 Å². The molecule has 0 aromatic heterocycles. The maximum Gasteiger partial charge on any atom is 0.325 e. The molecule has 1 atom stereocenters. The average Bonchev–Trinajstić information content (AvgIpc) is 2.59. The highest BCUT2D eigenvalue weighted by Crippen LogP contribution is 2.27. The van der Waals surface area contributed by atoms with E-state index in [2.05, 4.69) is 16.8 Å². The summed E-state index contributed by atoms with van der Waals surface area (Å²) in [5.41, 5.74) is 0.534. The van der Waals surface area contributed by atoms with E-state index in [9.17, 15) is 14.3 Å². The summed E-state index contributed by atoms with van der Waals surface area (Å²) in [5, 5.41) is 9.65. The molecule has 7 heteroatoms. The van der Waals surface area contributed by atoms with Crippen molar-refractivity contribution < 1.29 is 14.3 Å². The average molecular weight is 370 g/mol. The van der Waals surface area contributed by atoms with Crippen LogP contribution in [0.5, 0.6) is 0 Å². The lowest BCUT2D eigenvalue weighted by molar-refractivity contribution is -0.144. The largest absolute Gasteiger partial charge is 0.480 e. The lowest BCUT2D eigenvalue weighted by atomic mass is 10.0. The third-order valence-corrected chi connectivity index (χ3v) is 5.70. The van der Waals surface area contributed by atoms with Gasteiger partial charge in [-0.05, 0) is 50.7 Å². The third-order valence-electron chi connectivity index (χ3n) is 5.41. The molecule has 138 valence electrons. The zero-order chi connectivity index (χ0) is 18.0. The monoisotopic (exact) mass is 369 g/mol. The van der Waals surface area contributed by atoms with Gasteiger partial charge in [0.1, 0.15) is 11.9 Å². The number of piperidine rings is 1. The van der Waals surface area contributed by atoms with Gasteiger partial charge >= 0.3 is 5.97 Å². The van der Waals surface area contributed by atoms with Gasteiger partial charge in [-0.15, -0.1) is 0 Å². The molecule has 2 fully saturated rings. The fourth-order valence-electron chi connectivity index (χ4n) is 3.91. The minimum Gasteiger partial charge on any atom is -0.480 e. The molecule has 2 heterocycles. The summed E-state index contributed by atoms with van der Waals surface area (Å²) in [5.74, 6) is -1.45. The Bertz CT molecular complexity index is 614. The third kappa shape index (κ3) is 4.31. The lowest BCUT2D eigenvalue weighted by Crippen LogP contribution is -2.54. The number of hydrogen-bond acceptors (Lipinski definition) is 4. The van der Waals surface area contributed by atoms with Crippen LogP contribution in [0, 0.1) is 5.82 Å². The summed E-state index contributed by atoms with van der Waals surface area (Å²) in [7, 11) is 2.15. The number of carbonyl (C=O) groups is 1. The zero-order valence-corrected chi connectivity index (χ0v) is 15.3. The van der Waals surface area contributed by atoms with Crippen molar-refractivity contribution in [3.8, 4) is 0 Å². The molecule has 1 N–H and O–H groups in total. The number of benzene rings is 1. The van der Waals surface area contributed by atoms with Gasteiger partial charge < -0.3 is 10.0 Å². The summed E-state index contributed by atoms with van der Waals surface area (Å²) < 4.78 is 13.4. The lowest BCUT2D eigenvalue weighted by Gasteiger charge is -2.43. The number of rotatable bonds is 4. The Hall–Kier alpha value is -1.21. The minimum absolute atomic E-state index is 0.0336. The van der Waals surface area contributed by atoms with E-state index in [1.54, 1.807) is 0 Å². The van der Waals surface area contributed by atoms with Crippen LogP contribution in [0.15, 0.2) is 18.2 Å². The fourth-order valence-corrected chi connectivity index (χ4v) is 4.10. The van der Waals surface area contributed by atoms with Crippen molar-refractivity contribution in [1.29, 1.82) is 0 Å². The molecule has 2 aliphatic rings. The minimum atomic E-state index is -0.921. The number of carboxylic acids is 1. The second-order valence-corrected chi connectivity index (χ2v) is 7.43. The van der Waals surface area contributed by atoms with Gasteiger partial charge in [-0.25, -0.2) is 4.39 Å². The number of nitrogens with zero attached hydrogens (tertiary/aromatic N) is 3. The second-order valence-electron chi connectivity index (χ2n) is 7.02. The Kier molecular flexibility index (Phi) is 5.94. The maximum absolute atomic E-state index is 13.4. The molecule has 1 aromatic carbocycles. The standard InChI is InChI=1S/C18H25ClFN3O2/c1-21-6-4-14(5-7-21)22-8-10-23(11-9-22)17(18(24)25)13-2-3-16(20)15(19)12-13/h2-3,12,14,17H,4-11H2,1H3,(H,24,25). The van der Waals surface area contributed by atoms with Gasteiger partial charge in [-0.3, -0.25) is 14.6 Å². The topological polar surface area (TPSA) is 47.0 Å². The first-order chi connectivity index (χ1) is 12.0. The number of hydrogen-bond donors (Lipinski definition) is 1. The number of halogens is 2. The molecule has 25 heavy (non-hydrogen) atoms. The molecule has 0 aliphatic carbocycles. The maximum atomic E-state index is 13.4. The summed E-state index contributed by atoms with van der Waals surface area (Å²) >= 11 is 5.84. The summed E-state index contributed by atoms with van der Waals surface area (Å²) in [6.45, 7) is 5.37. The Labute approximate surface area is 153 Å². The SMILES string of the molecule is CN1CCC(N2CCN(C(C(=O)O)c3ccc(F)c(Cl)c3)CC2)CC1. The molecule has 0 bridgehead atoms. The molecule has 0 spiro atoms. The van der Waals surface area contributed by atoms with Crippen LogP contribution < -0.4 is 0 Å². The van der Waals surface area contributed by atoms with Crippen molar-refractivity contribution in [1.82, 2.24) is 14.7 Å². The fraction of sp³-hybridized carbons (Fsp3) is 0.611. The van der Waals surface area contributed by atoms with E-state index in [1.165, 1.54) is 31.0 Å². The van der Waals surface area contributed by atoms with Crippen LogP contribution in [0.25, 0.3) is 0 Å². The molecule has 1 unspecified atom stereocenters. The van der Waals surface area contributed by atoms with Crippen molar-refractivity contribution in [2.24, 2.45) is 0 Å². The second kappa shape index (κ2) is 7.99. The summed E-state index contributed by atoms with van der Waals surface area (Å²) in [6, 6.07) is 4.00. The Morgan fingerprint density at radius 3 is 2.40 bits per heavy atom. The number of carboxylic acid groups (broad SMARTS) is 1. The van der Waals surface area contributed by atoms with Crippen LogP contribution in [0.3, 0.4) is 0 Å². The smallest absolute Gasteiger partial charge is 0.325 e. The number of likely N-dealkylation sites (tertiary alicyclic amines) is 1. The van der Waals surface area contributed by atoms with Gasteiger partial charge in [0.15, 0.2) is 0 Å². The van der Waals surface area contributed by atoms with Crippen LogP contribution in [-0.4, -0.2) is 78.1 Å². The number of aliphatic carboxylic acids is 1. The molecule has 5 nitrogen and oxygen atoms in total. The van der Waals surface area contributed by atoms with Crippen LogP contribution in [-0.2, 0) is 4.79 Å². The first kappa shape index (κ1) is 18.6. The molecule has 0 saturated carbocycles. The molecule has 3 rings (SSSR count). The van der Waals surface area contributed by atoms with E-state index in [0.29, 0.717) is 24.7 Å². The van der Waals surface area contributed by atoms with E-state index in [0.717, 1.165) is 26.2 Å². The van der Waals surface area contributed by atoms with Crippen molar-refractivity contribution in [2.75, 3.05) is 46.3 Å². The molecular formula is C18H25ClFN3O2. The predicted molar refractivity (Wildman–Crippen MR) is 95.5 cm³/mol. The van der Waals surface area contributed by atoms with Crippen molar-refractivity contribution in [3.05, 3.63) is 34.6 Å². The van der Waals surface area contributed by atoms with Gasteiger partial charge in [0.05, 0.1) is 5.02 Å². The van der Waals surface area contributed by atoms with E-state index >= 15 is 0 Å². The van der Waals surface area contributed by atoms with Crippen LogP contribution >= 0.6 is 11.6 Å². The highest BCUT2D eigenvalue weighted by Gasteiger charge is 2.33. The van der Waals surface area contributed by atoms with Gasteiger partial charge in [0, 0.05) is 32.2 Å². The molecule has 2 saturated heterocycles. The molecule has 2 aliphatic heterocycles. The zero-order valence-electron chi connectivity index (χ0n) is 14.5. The summed E-state index contributed by atoms with van der Waals surface area (Å²) in [4.78, 5) is 18.6. The Morgan fingerprint density at radius 1 is 1.20 bits per heavy atom. The van der Waals surface area contributed by atoms with Gasteiger partial charge in [0.2, 0.25) is 0 Å². The normalized spacial score (nSPS) is 22.8. The van der Waals surface area contributed by atoms with Crippen LogP contribution in [0.2, 0.25) is 5.02 Å². The van der Waals surface area contributed by atoms with Crippen molar-refractivity contribution in [2.45, 2.75) is 24.9 Å². The molecule has 0 radical (unpaired) electrons. The van der Waals surface area contributed by atoms with Crippen LogP contribution in [0.4, 0.5) is 4.39 Å². The van der Waals surface area contributed by atoms with Gasteiger partial charge in [-0.2, -0.15) is 0 Å². The number of piperazine rings is 1. The van der Waals surface area contributed by atoms with E-state index in [4.69, 9.17) is 11.6 Å². The first-order valence-corrected chi connectivity index (χ1v) is 9.18. The van der Waals surface area contributed by atoms with E-state index in [1.807, 2.05) is 4.90 Å². The van der Waals surface area contributed by atoms with E-state index < -0.39 is 17.8 Å². The van der Waals surface area contributed by atoms with Gasteiger partial charge in [-0.1, -0.05) is 17.7 Å². The Balaban J connectivity index is 1.64. The first-order valence-electron chi connectivity index (χ1n) is 8.80. The van der Waals surface area contributed by atoms with Crippen molar-refractivity contribution >= 4 is 17.6 Å². The Morgan fingerprint density at radius 2 is 1.84 bits per heavy atom. The molecule has 1 aromatic rings. The van der Waals surface area contributed by atoms with Crippen molar-refractivity contribution in [3.63, 3.8) is 0 Å². The van der Waals surface area contributed by atoms with Gasteiger partial charge in [0.25, 0.3) is 0 Å². The highest BCUT2D eigenvalue weighted by molar-refractivity contribution is 6.30. The summed E-state index contributed by atoms with van der Waals surface area (Å²) in [6.07, 6.45) is 2.35. The highest BCUT2D eigenvalue weighted by atomic mass is 35.5. The quantitative estimate of drug-likeness (QED) is 0.882. The molecular weight excluding hydrogens is 345 g/mol. The predicted octanol–water partition coefficient (Wildman–Crippen LogP) is 2.32. The molecule has 0 amide bonds.